The van der Waals surface area contributed by atoms with Gasteiger partial charge in [-0.1, -0.05) is 54.6 Å². The van der Waals surface area contributed by atoms with Crippen molar-refractivity contribution in [2.45, 2.75) is 13.5 Å². The molecule has 2 aromatic rings. The van der Waals surface area contributed by atoms with Crippen molar-refractivity contribution in [3.63, 3.8) is 0 Å². The van der Waals surface area contributed by atoms with Crippen LogP contribution in [0.2, 0.25) is 0 Å². The Bertz CT molecular complexity index is 875. The van der Waals surface area contributed by atoms with E-state index in [9.17, 15) is 4.79 Å². The second-order valence-electron chi connectivity index (χ2n) is 7.56. The van der Waals surface area contributed by atoms with E-state index in [4.69, 9.17) is 0 Å². The first-order chi connectivity index (χ1) is 15.2. The average molecular weight is 547 g/mol. The van der Waals surface area contributed by atoms with Gasteiger partial charge in [-0.2, -0.15) is 0 Å². The molecule has 2 N–H and O–H groups in total. The van der Waals surface area contributed by atoms with E-state index in [-0.39, 0.29) is 29.9 Å². The minimum atomic E-state index is -0.0331. The highest BCUT2D eigenvalue weighted by atomic mass is 127. The maximum atomic E-state index is 11.9. The maximum absolute atomic E-state index is 11.9. The number of amides is 1. The number of guanidine groups is 1. The highest BCUT2D eigenvalue weighted by Gasteiger charge is 2.18. The standard InChI is InChI=1S/C25H33N5O.HI/c1-3-27-24(31)23-13-11-22(12-14-23)20-28-25(26-2)30-18-16-29(17-19-30)15-7-10-21-8-5-4-6-9-21;/h4-14H,3,15-20H2,1-2H3,(H,26,28)(H,27,31);1H/b10-7+;. The third-order valence-electron chi connectivity index (χ3n) is 5.36. The molecule has 2 aromatic carbocycles. The summed E-state index contributed by atoms with van der Waals surface area (Å²) in [4.78, 5) is 21.1. The van der Waals surface area contributed by atoms with Gasteiger partial charge >= 0.3 is 0 Å². The fourth-order valence-corrected chi connectivity index (χ4v) is 3.59. The third-order valence-corrected chi connectivity index (χ3v) is 5.36. The quantitative estimate of drug-likeness (QED) is 0.317. The Kier molecular flexibility index (Phi) is 11.2. The molecule has 0 bridgehead atoms. The molecular formula is C25H34IN5O. The number of carbonyl (C=O) groups excluding carboxylic acids is 1. The lowest BCUT2D eigenvalue weighted by Crippen LogP contribution is -2.52. The number of benzene rings is 2. The van der Waals surface area contributed by atoms with Gasteiger partial charge < -0.3 is 15.5 Å². The highest BCUT2D eigenvalue weighted by molar-refractivity contribution is 14.0. The number of hydrogen-bond acceptors (Lipinski definition) is 3. The van der Waals surface area contributed by atoms with Gasteiger partial charge in [-0.15, -0.1) is 24.0 Å². The number of halogens is 1. The smallest absolute Gasteiger partial charge is 0.251 e. The molecule has 0 radical (unpaired) electrons. The van der Waals surface area contributed by atoms with Gasteiger partial charge in [0.15, 0.2) is 5.96 Å². The summed E-state index contributed by atoms with van der Waals surface area (Å²) in [5, 5.41) is 6.27. The molecule has 0 aromatic heterocycles. The number of nitrogens with one attached hydrogen (secondary N) is 2. The van der Waals surface area contributed by atoms with Crippen molar-refractivity contribution in [2.75, 3.05) is 46.3 Å². The molecule has 1 heterocycles. The van der Waals surface area contributed by atoms with Crippen LogP contribution in [0.3, 0.4) is 0 Å². The number of piperazine rings is 1. The van der Waals surface area contributed by atoms with E-state index in [1.165, 1.54) is 5.56 Å². The molecule has 0 aliphatic carbocycles. The van der Waals surface area contributed by atoms with Gasteiger partial charge in [0.25, 0.3) is 5.91 Å². The summed E-state index contributed by atoms with van der Waals surface area (Å²) in [5.41, 5.74) is 3.05. The van der Waals surface area contributed by atoms with Crippen molar-refractivity contribution in [3.05, 3.63) is 77.4 Å². The zero-order valence-corrected chi connectivity index (χ0v) is 21.3. The van der Waals surface area contributed by atoms with Crippen LogP contribution in [0.25, 0.3) is 6.08 Å². The molecule has 0 spiro atoms. The van der Waals surface area contributed by atoms with Crippen LogP contribution >= 0.6 is 24.0 Å². The topological polar surface area (TPSA) is 60.0 Å². The molecule has 1 amide bonds. The number of nitrogens with zero attached hydrogens (tertiary/aromatic N) is 3. The second kappa shape index (κ2) is 13.9. The number of carbonyl (C=O) groups is 1. The third kappa shape index (κ3) is 7.94. The second-order valence-corrected chi connectivity index (χ2v) is 7.56. The van der Waals surface area contributed by atoms with Crippen LogP contribution < -0.4 is 10.6 Å². The van der Waals surface area contributed by atoms with Crippen LogP contribution in [0, 0.1) is 0 Å². The number of aliphatic imine (C=N–C) groups is 1. The molecule has 0 atom stereocenters. The largest absolute Gasteiger partial charge is 0.352 e. The van der Waals surface area contributed by atoms with E-state index in [1.807, 2.05) is 44.3 Å². The van der Waals surface area contributed by atoms with Crippen molar-refractivity contribution in [2.24, 2.45) is 4.99 Å². The van der Waals surface area contributed by atoms with Crippen LogP contribution in [-0.4, -0.2) is 68.0 Å². The molecule has 6 nitrogen and oxygen atoms in total. The van der Waals surface area contributed by atoms with Crippen LogP contribution in [-0.2, 0) is 6.54 Å². The zero-order chi connectivity index (χ0) is 21.9. The molecule has 1 saturated heterocycles. The van der Waals surface area contributed by atoms with Gasteiger partial charge in [0.1, 0.15) is 0 Å². The lowest BCUT2D eigenvalue weighted by Gasteiger charge is -2.36. The molecule has 1 aliphatic rings. The van der Waals surface area contributed by atoms with E-state index >= 15 is 0 Å². The van der Waals surface area contributed by atoms with Gasteiger partial charge in [0.05, 0.1) is 0 Å². The zero-order valence-electron chi connectivity index (χ0n) is 19.0. The fraction of sp³-hybridized carbons (Fsp3) is 0.360. The summed E-state index contributed by atoms with van der Waals surface area (Å²) in [6, 6.07) is 18.1. The summed E-state index contributed by atoms with van der Waals surface area (Å²) in [7, 11) is 1.83. The Labute approximate surface area is 208 Å². The number of hydrogen-bond donors (Lipinski definition) is 2. The summed E-state index contributed by atoms with van der Waals surface area (Å²) in [5.74, 6) is 0.890. The number of rotatable bonds is 7. The molecule has 0 saturated carbocycles. The maximum Gasteiger partial charge on any atom is 0.251 e. The molecule has 172 valence electrons. The highest BCUT2D eigenvalue weighted by Crippen LogP contribution is 2.07. The summed E-state index contributed by atoms with van der Waals surface area (Å²) in [6.45, 7) is 8.14. The van der Waals surface area contributed by atoms with Crippen LogP contribution in [0.5, 0.6) is 0 Å². The van der Waals surface area contributed by atoms with Crippen molar-refractivity contribution >= 4 is 41.9 Å². The van der Waals surface area contributed by atoms with Gasteiger partial charge in [-0.25, -0.2) is 0 Å². The minimum Gasteiger partial charge on any atom is -0.352 e. The molecule has 1 fully saturated rings. The van der Waals surface area contributed by atoms with Crippen LogP contribution in [0.1, 0.15) is 28.4 Å². The van der Waals surface area contributed by atoms with Gasteiger partial charge in [-0.05, 0) is 30.2 Å². The van der Waals surface area contributed by atoms with Crippen molar-refractivity contribution in [1.82, 2.24) is 20.4 Å². The van der Waals surface area contributed by atoms with Gasteiger partial charge in [0, 0.05) is 58.4 Å². The average Bonchev–Trinajstić information content (AvgIpc) is 2.81. The Balaban J connectivity index is 0.00000363. The molecule has 0 unspecified atom stereocenters. The van der Waals surface area contributed by atoms with E-state index < -0.39 is 0 Å². The van der Waals surface area contributed by atoms with E-state index in [0.29, 0.717) is 18.7 Å². The molecule has 32 heavy (non-hydrogen) atoms. The minimum absolute atomic E-state index is 0. The first kappa shape index (κ1) is 25.9. The summed E-state index contributed by atoms with van der Waals surface area (Å²) < 4.78 is 0. The van der Waals surface area contributed by atoms with Crippen molar-refractivity contribution < 1.29 is 4.79 Å². The van der Waals surface area contributed by atoms with Crippen molar-refractivity contribution in [1.29, 1.82) is 0 Å². The predicted molar refractivity (Wildman–Crippen MR) is 144 cm³/mol. The van der Waals surface area contributed by atoms with Gasteiger partial charge in [0.2, 0.25) is 0 Å². The fourth-order valence-electron chi connectivity index (χ4n) is 3.59. The van der Waals surface area contributed by atoms with E-state index in [1.54, 1.807) is 0 Å². The molecule has 1 aliphatic heterocycles. The Hall–Kier alpha value is -2.39. The lowest BCUT2D eigenvalue weighted by atomic mass is 10.1. The molecular weight excluding hydrogens is 513 g/mol. The first-order valence-corrected chi connectivity index (χ1v) is 11.0. The van der Waals surface area contributed by atoms with Gasteiger partial charge in [-0.3, -0.25) is 14.7 Å². The predicted octanol–water partition coefficient (Wildman–Crippen LogP) is 3.46. The Morgan fingerprint density at radius 2 is 1.69 bits per heavy atom. The first-order valence-electron chi connectivity index (χ1n) is 11.0. The molecule has 3 rings (SSSR count). The van der Waals surface area contributed by atoms with Crippen LogP contribution in [0.4, 0.5) is 0 Å². The summed E-state index contributed by atoms with van der Waals surface area (Å²) >= 11 is 0. The molecule has 7 heteroatoms. The normalized spacial score (nSPS) is 14.8. The SMILES string of the molecule is CCNC(=O)c1ccc(CNC(=NC)N2CCN(C/C=C/c3ccccc3)CC2)cc1.I. The van der Waals surface area contributed by atoms with E-state index in [0.717, 1.165) is 44.2 Å². The summed E-state index contributed by atoms with van der Waals surface area (Å²) in [6.07, 6.45) is 4.42. The lowest BCUT2D eigenvalue weighted by molar-refractivity contribution is 0.0956. The Morgan fingerprint density at radius 3 is 2.31 bits per heavy atom. The monoisotopic (exact) mass is 547 g/mol. The van der Waals surface area contributed by atoms with Crippen molar-refractivity contribution in [3.8, 4) is 0 Å². The Morgan fingerprint density at radius 1 is 1.00 bits per heavy atom. The van der Waals surface area contributed by atoms with E-state index in [2.05, 4.69) is 61.8 Å². The van der Waals surface area contributed by atoms with Crippen LogP contribution in [0.15, 0.2) is 65.7 Å².